The number of rotatable bonds is 1. The van der Waals surface area contributed by atoms with Gasteiger partial charge in [0.15, 0.2) is 0 Å². The lowest BCUT2D eigenvalue weighted by atomic mass is 10.1. The third kappa shape index (κ3) is 6.08. The van der Waals surface area contributed by atoms with E-state index in [1.807, 2.05) is 5.32 Å². The predicted molar refractivity (Wildman–Crippen MR) is 71.0 cm³/mol. The van der Waals surface area contributed by atoms with Gasteiger partial charge in [0.2, 0.25) is 0 Å². The third-order valence-corrected chi connectivity index (χ3v) is 2.98. The Morgan fingerprint density at radius 3 is 2.36 bits per heavy atom. The third-order valence-electron chi connectivity index (χ3n) is 2.98. The van der Waals surface area contributed by atoms with Gasteiger partial charge in [-0.15, -0.1) is 0 Å². The van der Waals surface area contributed by atoms with Crippen molar-refractivity contribution in [3.63, 3.8) is 0 Å². The highest BCUT2D eigenvalue weighted by molar-refractivity contribution is 5.81. The summed E-state index contributed by atoms with van der Waals surface area (Å²) in [6.07, 6.45) is -6.59. The second-order valence-corrected chi connectivity index (χ2v) is 6.27. The van der Waals surface area contributed by atoms with Gasteiger partial charge in [0.25, 0.3) is 0 Å². The molecule has 22 heavy (non-hydrogen) atoms. The molecule has 0 aromatic rings. The molecule has 0 aromatic carbocycles. The number of likely N-dealkylation sites (tertiary alicyclic amines) is 1. The number of alkyl halides is 3. The maximum absolute atomic E-state index is 12.2. The second kappa shape index (κ2) is 6.72. The molecule has 9 heteroatoms. The molecule has 0 aromatic heterocycles. The van der Waals surface area contributed by atoms with Crippen LogP contribution in [-0.2, 0) is 9.53 Å². The van der Waals surface area contributed by atoms with E-state index in [0.717, 1.165) is 0 Å². The van der Waals surface area contributed by atoms with E-state index in [1.54, 1.807) is 20.8 Å². The molecule has 1 heterocycles. The topological polar surface area (TPSA) is 78.9 Å². The van der Waals surface area contributed by atoms with Crippen LogP contribution in [0.15, 0.2) is 0 Å². The molecule has 1 fully saturated rings. The fraction of sp³-hybridized carbons (Fsp3) is 0.846. The van der Waals surface area contributed by atoms with E-state index in [0.29, 0.717) is 0 Å². The zero-order chi connectivity index (χ0) is 17.1. The van der Waals surface area contributed by atoms with Crippen LogP contribution in [0.4, 0.5) is 18.0 Å². The quantitative estimate of drug-likeness (QED) is 0.764. The monoisotopic (exact) mass is 326 g/mol. The summed E-state index contributed by atoms with van der Waals surface area (Å²) in [7, 11) is 0. The molecule has 0 saturated carbocycles. The van der Waals surface area contributed by atoms with Crippen molar-refractivity contribution in [3.8, 4) is 0 Å². The molecule has 2 atom stereocenters. The Labute approximate surface area is 126 Å². The number of hydrogen-bond acceptors (Lipinski definition) is 4. The zero-order valence-electron chi connectivity index (χ0n) is 12.7. The lowest BCUT2D eigenvalue weighted by Crippen LogP contribution is -2.44. The zero-order valence-corrected chi connectivity index (χ0v) is 12.7. The largest absolute Gasteiger partial charge is 0.471 e. The first-order valence-electron chi connectivity index (χ1n) is 6.92. The number of carbonyl (C=O) groups excluding carboxylic acids is 2. The van der Waals surface area contributed by atoms with Crippen LogP contribution >= 0.6 is 0 Å². The fourth-order valence-corrected chi connectivity index (χ4v) is 2.07. The molecule has 2 N–H and O–H groups in total. The Balaban J connectivity index is 2.63. The lowest BCUT2D eigenvalue weighted by Gasteiger charge is -2.27. The van der Waals surface area contributed by atoms with Crippen LogP contribution in [0, 0.1) is 0 Å². The summed E-state index contributed by atoms with van der Waals surface area (Å²) in [5, 5.41) is 11.6. The number of hydrogen-bond donors (Lipinski definition) is 2. The highest BCUT2D eigenvalue weighted by Crippen LogP contribution is 2.19. The van der Waals surface area contributed by atoms with Crippen LogP contribution in [-0.4, -0.2) is 59.0 Å². The van der Waals surface area contributed by atoms with Gasteiger partial charge in [-0.2, -0.15) is 13.2 Å². The number of halogens is 3. The molecule has 0 bridgehead atoms. The van der Waals surface area contributed by atoms with Crippen molar-refractivity contribution < 1.29 is 32.6 Å². The summed E-state index contributed by atoms with van der Waals surface area (Å²) in [5.41, 5.74) is -0.710. The molecule has 0 spiro atoms. The highest BCUT2D eigenvalue weighted by atomic mass is 19.4. The average molecular weight is 326 g/mol. The predicted octanol–water partition coefficient (Wildman–Crippen LogP) is 1.43. The Morgan fingerprint density at radius 2 is 1.86 bits per heavy atom. The molecule has 0 unspecified atom stereocenters. The van der Waals surface area contributed by atoms with Crippen LogP contribution < -0.4 is 5.32 Å². The van der Waals surface area contributed by atoms with Crippen LogP contribution in [0.3, 0.4) is 0 Å². The standard InChI is InChI=1S/C13H21F3N2O4/c1-12(2,3)22-11(21)18-5-4-8(6-9(19)7-18)17-10(20)13(14,15)16/h8-9,19H,4-7H2,1-3H3,(H,17,20)/t8-,9-/m0/s1. The highest BCUT2D eigenvalue weighted by Gasteiger charge is 2.40. The normalized spacial score (nSPS) is 23.7. The van der Waals surface area contributed by atoms with Gasteiger partial charge >= 0.3 is 18.2 Å². The second-order valence-electron chi connectivity index (χ2n) is 6.27. The Kier molecular flexibility index (Phi) is 5.66. The maximum Gasteiger partial charge on any atom is 0.471 e. The van der Waals surface area contributed by atoms with Gasteiger partial charge in [0.1, 0.15) is 5.60 Å². The first-order chi connectivity index (χ1) is 9.88. The van der Waals surface area contributed by atoms with E-state index in [1.165, 1.54) is 4.90 Å². The summed E-state index contributed by atoms with van der Waals surface area (Å²) in [5.74, 6) is -2.05. The van der Waals surface area contributed by atoms with Gasteiger partial charge in [-0.3, -0.25) is 4.79 Å². The number of aliphatic hydroxyl groups is 1. The van der Waals surface area contributed by atoms with Crippen LogP contribution in [0.25, 0.3) is 0 Å². The Morgan fingerprint density at radius 1 is 1.27 bits per heavy atom. The van der Waals surface area contributed by atoms with Gasteiger partial charge in [0.05, 0.1) is 6.10 Å². The number of nitrogens with zero attached hydrogens (tertiary/aromatic N) is 1. The van der Waals surface area contributed by atoms with Crippen molar-refractivity contribution >= 4 is 12.0 Å². The lowest BCUT2D eigenvalue weighted by molar-refractivity contribution is -0.174. The van der Waals surface area contributed by atoms with Gasteiger partial charge in [-0.1, -0.05) is 0 Å². The molecular formula is C13H21F3N2O4. The molecule has 1 saturated heterocycles. The maximum atomic E-state index is 12.2. The molecule has 128 valence electrons. The number of ether oxygens (including phenoxy) is 1. The first-order valence-corrected chi connectivity index (χ1v) is 6.92. The Bertz CT molecular complexity index is 420. The van der Waals surface area contributed by atoms with Crippen molar-refractivity contribution in [1.29, 1.82) is 0 Å². The van der Waals surface area contributed by atoms with Crippen molar-refractivity contribution in [2.75, 3.05) is 13.1 Å². The van der Waals surface area contributed by atoms with Crippen LogP contribution in [0.1, 0.15) is 33.6 Å². The van der Waals surface area contributed by atoms with Crippen molar-refractivity contribution in [2.45, 2.75) is 57.5 Å². The van der Waals surface area contributed by atoms with E-state index in [2.05, 4.69) is 0 Å². The molecule has 2 amide bonds. The van der Waals surface area contributed by atoms with Crippen molar-refractivity contribution in [2.24, 2.45) is 0 Å². The molecular weight excluding hydrogens is 305 g/mol. The molecule has 0 aliphatic carbocycles. The van der Waals surface area contributed by atoms with E-state index in [-0.39, 0.29) is 25.9 Å². The van der Waals surface area contributed by atoms with Crippen LogP contribution in [0.5, 0.6) is 0 Å². The van der Waals surface area contributed by atoms with Crippen molar-refractivity contribution in [3.05, 3.63) is 0 Å². The minimum Gasteiger partial charge on any atom is -0.444 e. The van der Waals surface area contributed by atoms with Gasteiger partial charge in [-0.05, 0) is 33.6 Å². The number of β-amino-alcohol motifs (C(OH)–C–C–N with tert-alkyl or cyclic N) is 1. The summed E-state index contributed by atoms with van der Waals surface area (Å²) >= 11 is 0. The number of amides is 2. The van der Waals surface area contributed by atoms with Gasteiger partial charge < -0.3 is 20.1 Å². The van der Waals surface area contributed by atoms with E-state index >= 15 is 0 Å². The summed E-state index contributed by atoms with van der Waals surface area (Å²) in [6.45, 7) is 5.10. The van der Waals surface area contributed by atoms with Gasteiger partial charge in [0, 0.05) is 19.1 Å². The number of nitrogens with one attached hydrogen (secondary N) is 1. The van der Waals surface area contributed by atoms with Crippen molar-refractivity contribution in [1.82, 2.24) is 10.2 Å². The van der Waals surface area contributed by atoms with E-state index < -0.39 is 35.9 Å². The number of aliphatic hydroxyl groups excluding tert-OH is 1. The van der Waals surface area contributed by atoms with E-state index in [4.69, 9.17) is 4.74 Å². The Hall–Kier alpha value is -1.51. The average Bonchev–Trinajstić information content (AvgIpc) is 2.47. The number of carbonyl (C=O) groups is 2. The van der Waals surface area contributed by atoms with Gasteiger partial charge in [-0.25, -0.2) is 4.79 Å². The minimum atomic E-state index is -4.97. The fourth-order valence-electron chi connectivity index (χ4n) is 2.07. The summed E-state index contributed by atoms with van der Waals surface area (Å²) < 4.78 is 41.9. The van der Waals surface area contributed by atoms with Crippen LogP contribution in [0.2, 0.25) is 0 Å². The van der Waals surface area contributed by atoms with E-state index in [9.17, 15) is 27.9 Å². The molecule has 6 nitrogen and oxygen atoms in total. The SMILES string of the molecule is CC(C)(C)OC(=O)N1CC[C@H](NC(=O)C(F)(F)F)C[C@H](O)C1. The minimum absolute atomic E-state index is 0.0483. The summed E-state index contributed by atoms with van der Waals surface area (Å²) in [6, 6.07) is -0.850. The molecule has 1 rings (SSSR count). The molecule has 0 radical (unpaired) electrons. The first kappa shape index (κ1) is 18.5. The summed E-state index contributed by atoms with van der Waals surface area (Å²) in [4.78, 5) is 24.1. The molecule has 1 aliphatic heterocycles. The molecule has 1 aliphatic rings. The smallest absolute Gasteiger partial charge is 0.444 e.